The quantitative estimate of drug-likeness (QED) is 0.549. The highest BCUT2D eigenvalue weighted by Crippen LogP contribution is 2.26. The fourth-order valence-electron chi connectivity index (χ4n) is 1.07. The summed E-state index contributed by atoms with van der Waals surface area (Å²) in [5, 5.41) is 11.7. The van der Waals surface area contributed by atoms with Crippen molar-refractivity contribution in [1.29, 1.82) is 5.26 Å². The van der Waals surface area contributed by atoms with E-state index >= 15 is 0 Å². The van der Waals surface area contributed by atoms with Gasteiger partial charge in [0.25, 0.3) is 0 Å². The van der Waals surface area contributed by atoms with Crippen molar-refractivity contribution in [2.24, 2.45) is 0 Å². The molecule has 0 amide bonds. The van der Waals surface area contributed by atoms with E-state index in [0.717, 1.165) is 11.5 Å². The molecule has 0 unspecified atom stereocenters. The topological polar surface area (TPSA) is 52.0 Å². The zero-order valence-electron chi connectivity index (χ0n) is 5.78. The number of nitrogens with zero attached hydrogens (tertiary/aromatic N) is 3. The van der Waals surface area contributed by atoms with E-state index < -0.39 is 0 Å². The van der Waals surface area contributed by atoms with Crippen molar-refractivity contribution in [3.63, 3.8) is 0 Å². The molecule has 1 aromatic heterocycles. The van der Waals surface area contributed by atoms with Crippen LogP contribution in [-0.4, -0.2) is 11.7 Å². The van der Waals surface area contributed by atoms with Gasteiger partial charge in [-0.15, -0.1) is 0 Å². The Kier molecular flexibility index (Phi) is 1.16. The largest absolute Gasteiger partial charge is 0.364 e. The first-order chi connectivity index (χ1) is 5.42. The van der Waals surface area contributed by atoms with E-state index in [-0.39, 0.29) is 0 Å². The highest BCUT2D eigenvalue weighted by Gasteiger charge is 2.17. The Morgan fingerprint density at radius 1 is 1.73 bits per heavy atom. The minimum Gasteiger partial charge on any atom is -0.364 e. The van der Waals surface area contributed by atoms with Gasteiger partial charge in [0.15, 0.2) is 12.0 Å². The first-order valence-corrected chi connectivity index (χ1v) is 3.28. The second-order valence-corrected chi connectivity index (χ2v) is 2.24. The number of hydrogen-bond acceptors (Lipinski definition) is 4. The van der Waals surface area contributed by atoms with Gasteiger partial charge in [-0.2, -0.15) is 5.26 Å². The van der Waals surface area contributed by atoms with Gasteiger partial charge in [0.2, 0.25) is 0 Å². The van der Waals surface area contributed by atoms with Crippen molar-refractivity contribution in [3.05, 3.63) is 18.3 Å². The predicted octanol–water partition coefficient (Wildman–Crippen LogP) is 0.752. The summed E-state index contributed by atoms with van der Waals surface area (Å²) in [6.45, 7) is 0.531. The van der Waals surface area contributed by atoms with Crippen molar-refractivity contribution >= 4 is 11.5 Å². The Bertz CT molecular complexity index is 314. The summed E-state index contributed by atoms with van der Waals surface area (Å²) < 4.78 is 0. The SMILES string of the molecule is N#CN1CNc2cccnc21. The van der Waals surface area contributed by atoms with Crippen molar-refractivity contribution in [2.45, 2.75) is 0 Å². The summed E-state index contributed by atoms with van der Waals surface area (Å²) in [5.74, 6) is 0.718. The molecule has 0 saturated heterocycles. The first-order valence-electron chi connectivity index (χ1n) is 3.28. The number of nitriles is 1. The Labute approximate surface area is 64.1 Å². The highest BCUT2D eigenvalue weighted by atomic mass is 15.3. The van der Waals surface area contributed by atoms with E-state index in [0.29, 0.717) is 6.67 Å². The van der Waals surface area contributed by atoms with Gasteiger partial charge in [-0.3, -0.25) is 0 Å². The summed E-state index contributed by atoms with van der Waals surface area (Å²) >= 11 is 0. The van der Waals surface area contributed by atoms with Crippen LogP contribution in [0.4, 0.5) is 11.5 Å². The van der Waals surface area contributed by atoms with Gasteiger partial charge in [0, 0.05) is 6.20 Å². The van der Waals surface area contributed by atoms with Crippen LogP contribution in [0.5, 0.6) is 0 Å². The summed E-state index contributed by atoms with van der Waals surface area (Å²) in [6.07, 6.45) is 3.71. The van der Waals surface area contributed by atoms with E-state index in [1.165, 1.54) is 4.90 Å². The molecule has 4 heteroatoms. The molecule has 1 aliphatic rings. The highest BCUT2D eigenvalue weighted by molar-refractivity contribution is 5.72. The van der Waals surface area contributed by atoms with Crippen LogP contribution in [0.2, 0.25) is 0 Å². The number of aromatic nitrogens is 1. The number of fused-ring (bicyclic) bond motifs is 1. The van der Waals surface area contributed by atoms with Gasteiger partial charge in [0.1, 0.15) is 6.67 Å². The maximum atomic E-state index is 8.61. The summed E-state index contributed by atoms with van der Waals surface area (Å²) in [6, 6.07) is 3.74. The monoisotopic (exact) mass is 146 g/mol. The molecular formula is C7H6N4. The normalized spacial score (nSPS) is 13.5. The minimum atomic E-state index is 0.531. The van der Waals surface area contributed by atoms with E-state index in [9.17, 15) is 0 Å². The molecule has 54 valence electrons. The third-order valence-electron chi connectivity index (χ3n) is 1.59. The Morgan fingerprint density at radius 2 is 2.64 bits per heavy atom. The predicted molar refractivity (Wildman–Crippen MR) is 40.8 cm³/mol. The summed E-state index contributed by atoms with van der Waals surface area (Å²) in [7, 11) is 0. The van der Waals surface area contributed by atoms with Gasteiger partial charge >= 0.3 is 0 Å². The molecule has 4 nitrogen and oxygen atoms in total. The molecule has 2 rings (SSSR count). The van der Waals surface area contributed by atoms with Crippen molar-refractivity contribution in [2.75, 3.05) is 16.9 Å². The van der Waals surface area contributed by atoms with E-state index in [1.807, 2.05) is 18.3 Å². The molecule has 0 aliphatic carbocycles. The Hall–Kier alpha value is -1.76. The minimum absolute atomic E-state index is 0.531. The smallest absolute Gasteiger partial charge is 0.187 e. The van der Waals surface area contributed by atoms with Crippen LogP contribution in [-0.2, 0) is 0 Å². The lowest BCUT2D eigenvalue weighted by Gasteiger charge is -2.02. The molecular weight excluding hydrogens is 140 g/mol. The molecule has 0 bridgehead atoms. The first kappa shape index (κ1) is 5.98. The maximum absolute atomic E-state index is 8.61. The van der Waals surface area contributed by atoms with E-state index in [4.69, 9.17) is 5.26 Å². The molecule has 1 aliphatic heterocycles. The average molecular weight is 146 g/mol. The van der Waals surface area contributed by atoms with Crippen molar-refractivity contribution in [1.82, 2.24) is 4.98 Å². The molecule has 0 atom stereocenters. The van der Waals surface area contributed by atoms with Crippen LogP contribution in [0.3, 0.4) is 0 Å². The second-order valence-electron chi connectivity index (χ2n) is 2.24. The van der Waals surface area contributed by atoms with E-state index in [2.05, 4.69) is 10.3 Å². The van der Waals surface area contributed by atoms with Gasteiger partial charge in [-0.05, 0) is 12.1 Å². The van der Waals surface area contributed by atoms with Gasteiger partial charge < -0.3 is 5.32 Å². The molecule has 1 aromatic rings. The van der Waals surface area contributed by atoms with Gasteiger partial charge in [-0.1, -0.05) is 0 Å². The fourth-order valence-corrected chi connectivity index (χ4v) is 1.07. The van der Waals surface area contributed by atoms with Crippen LogP contribution in [0, 0.1) is 11.5 Å². The van der Waals surface area contributed by atoms with Crippen molar-refractivity contribution < 1.29 is 0 Å². The third kappa shape index (κ3) is 0.783. The fraction of sp³-hybridized carbons (Fsp3) is 0.143. The number of hydrogen-bond donors (Lipinski definition) is 1. The standard InChI is InChI=1S/C7H6N4/c8-4-11-5-10-6-2-1-3-9-7(6)11/h1-3,10H,5H2. The van der Waals surface area contributed by atoms with Crippen LogP contribution < -0.4 is 10.2 Å². The van der Waals surface area contributed by atoms with E-state index in [1.54, 1.807) is 6.20 Å². The number of nitrogens with one attached hydrogen (secondary N) is 1. The van der Waals surface area contributed by atoms with Crippen LogP contribution >= 0.6 is 0 Å². The third-order valence-corrected chi connectivity index (χ3v) is 1.59. The van der Waals surface area contributed by atoms with Crippen LogP contribution in [0.15, 0.2) is 18.3 Å². The molecule has 2 heterocycles. The average Bonchev–Trinajstić information content (AvgIpc) is 2.47. The molecule has 0 fully saturated rings. The molecule has 11 heavy (non-hydrogen) atoms. The maximum Gasteiger partial charge on any atom is 0.187 e. The lowest BCUT2D eigenvalue weighted by Crippen LogP contribution is -2.15. The number of anilines is 2. The lowest BCUT2D eigenvalue weighted by molar-refractivity contribution is 1.07. The molecule has 0 saturated carbocycles. The van der Waals surface area contributed by atoms with Crippen molar-refractivity contribution in [3.8, 4) is 6.19 Å². The summed E-state index contributed by atoms with van der Waals surface area (Å²) in [5.41, 5.74) is 0.925. The zero-order chi connectivity index (χ0) is 7.68. The van der Waals surface area contributed by atoms with Crippen LogP contribution in [0.1, 0.15) is 0 Å². The summed E-state index contributed by atoms with van der Waals surface area (Å²) in [4.78, 5) is 5.56. The van der Waals surface area contributed by atoms with Gasteiger partial charge in [0.05, 0.1) is 5.69 Å². The van der Waals surface area contributed by atoms with Gasteiger partial charge in [-0.25, -0.2) is 9.88 Å². The molecule has 1 N–H and O–H groups in total. The molecule has 0 radical (unpaired) electrons. The molecule has 0 aromatic carbocycles. The molecule has 0 spiro atoms. The number of pyridine rings is 1. The van der Waals surface area contributed by atoms with Crippen LogP contribution in [0.25, 0.3) is 0 Å². The Morgan fingerprint density at radius 3 is 3.45 bits per heavy atom. The lowest BCUT2D eigenvalue weighted by atomic mass is 10.4. The Balaban J connectivity index is 2.49. The second kappa shape index (κ2) is 2.13. The zero-order valence-corrected chi connectivity index (χ0v) is 5.78. The number of rotatable bonds is 0.